The largest absolute Gasteiger partial charge is 0.496 e. The molecule has 3 nitrogen and oxygen atoms in total. The Balaban J connectivity index is 2.13. The monoisotopic (exact) mass is 323 g/mol. The predicted molar refractivity (Wildman–Crippen MR) is 81.5 cm³/mol. The Hall–Kier alpha value is -2.50. The van der Waals surface area contributed by atoms with Crippen molar-refractivity contribution >= 4 is 11.6 Å². The summed E-state index contributed by atoms with van der Waals surface area (Å²) in [7, 11) is 1.54. The first-order valence-electron chi connectivity index (χ1n) is 6.91. The highest BCUT2D eigenvalue weighted by Crippen LogP contribution is 2.34. The minimum atomic E-state index is -4.51. The van der Waals surface area contributed by atoms with Crippen LogP contribution in [0.15, 0.2) is 42.5 Å². The maximum Gasteiger partial charge on any atom is 0.418 e. The molecule has 122 valence electrons. The van der Waals surface area contributed by atoms with E-state index < -0.39 is 17.6 Å². The summed E-state index contributed by atoms with van der Waals surface area (Å²) in [6.07, 6.45) is -4.53. The third kappa shape index (κ3) is 4.25. The molecule has 0 atom stereocenters. The standard InChI is InChI=1S/C17H16F3NO2/c1-11-9-12(7-8-15(11)23-2)10-16(22)21-14-6-4-3-5-13(14)17(18,19)20/h3-9H,10H2,1-2H3,(H,21,22). The van der Waals surface area contributed by atoms with Crippen molar-refractivity contribution < 1.29 is 22.7 Å². The molecule has 1 amide bonds. The number of hydrogen-bond acceptors (Lipinski definition) is 2. The van der Waals surface area contributed by atoms with Gasteiger partial charge in [0.1, 0.15) is 5.75 Å². The van der Waals surface area contributed by atoms with E-state index in [1.165, 1.54) is 18.2 Å². The number of alkyl halides is 3. The average molecular weight is 323 g/mol. The van der Waals surface area contributed by atoms with Gasteiger partial charge in [-0.2, -0.15) is 13.2 Å². The number of methoxy groups -OCH3 is 1. The molecular weight excluding hydrogens is 307 g/mol. The van der Waals surface area contributed by atoms with Crippen LogP contribution >= 0.6 is 0 Å². The number of nitrogens with one attached hydrogen (secondary N) is 1. The molecular formula is C17H16F3NO2. The number of amides is 1. The van der Waals surface area contributed by atoms with Gasteiger partial charge in [-0.3, -0.25) is 4.79 Å². The van der Waals surface area contributed by atoms with Crippen LogP contribution in [0, 0.1) is 6.92 Å². The van der Waals surface area contributed by atoms with Gasteiger partial charge in [0.05, 0.1) is 24.8 Å². The van der Waals surface area contributed by atoms with Crippen LogP contribution in [0.2, 0.25) is 0 Å². The van der Waals surface area contributed by atoms with E-state index in [0.717, 1.165) is 11.6 Å². The average Bonchev–Trinajstić information content (AvgIpc) is 2.46. The zero-order valence-electron chi connectivity index (χ0n) is 12.7. The van der Waals surface area contributed by atoms with Gasteiger partial charge >= 0.3 is 6.18 Å². The highest BCUT2D eigenvalue weighted by atomic mass is 19.4. The highest BCUT2D eigenvalue weighted by Gasteiger charge is 2.33. The number of benzene rings is 2. The molecule has 0 fully saturated rings. The van der Waals surface area contributed by atoms with Crippen LogP contribution in [0.1, 0.15) is 16.7 Å². The molecule has 0 saturated heterocycles. The fraction of sp³-hybridized carbons (Fsp3) is 0.235. The van der Waals surface area contributed by atoms with Gasteiger partial charge in [-0.15, -0.1) is 0 Å². The summed E-state index contributed by atoms with van der Waals surface area (Å²) in [5, 5.41) is 2.32. The smallest absolute Gasteiger partial charge is 0.418 e. The Labute approximate surface area is 132 Å². The first kappa shape index (κ1) is 16.9. The molecule has 2 aromatic carbocycles. The van der Waals surface area contributed by atoms with E-state index in [1.54, 1.807) is 25.3 Å². The fourth-order valence-electron chi connectivity index (χ4n) is 2.27. The Morgan fingerprint density at radius 3 is 2.48 bits per heavy atom. The second-order valence-corrected chi connectivity index (χ2v) is 5.07. The van der Waals surface area contributed by atoms with Crippen LogP contribution in [-0.2, 0) is 17.4 Å². The van der Waals surface area contributed by atoms with Gasteiger partial charge in [-0.1, -0.05) is 24.3 Å². The van der Waals surface area contributed by atoms with Crippen LogP contribution in [0.5, 0.6) is 5.75 Å². The summed E-state index contributed by atoms with van der Waals surface area (Å²) in [5.41, 5.74) is 0.452. The molecule has 1 N–H and O–H groups in total. The van der Waals surface area contributed by atoms with Gasteiger partial charge in [-0.25, -0.2) is 0 Å². The summed E-state index contributed by atoms with van der Waals surface area (Å²) in [6.45, 7) is 1.83. The van der Waals surface area contributed by atoms with Crippen molar-refractivity contribution in [2.45, 2.75) is 19.5 Å². The number of anilines is 1. The third-order valence-electron chi connectivity index (χ3n) is 3.33. The van der Waals surface area contributed by atoms with E-state index in [-0.39, 0.29) is 12.1 Å². The molecule has 6 heteroatoms. The Morgan fingerprint density at radius 1 is 1.17 bits per heavy atom. The van der Waals surface area contributed by atoms with E-state index >= 15 is 0 Å². The predicted octanol–water partition coefficient (Wildman–Crippen LogP) is 4.20. The van der Waals surface area contributed by atoms with E-state index in [4.69, 9.17) is 4.74 Å². The lowest BCUT2D eigenvalue weighted by Crippen LogP contribution is -2.18. The van der Waals surface area contributed by atoms with Gasteiger partial charge in [0.15, 0.2) is 0 Å². The van der Waals surface area contributed by atoms with Crippen molar-refractivity contribution in [3.63, 3.8) is 0 Å². The Morgan fingerprint density at radius 2 is 1.87 bits per heavy atom. The van der Waals surface area contributed by atoms with Gasteiger partial charge in [0.25, 0.3) is 0 Å². The lowest BCUT2D eigenvalue weighted by Gasteiger charge is -2.13. The zero-order valence-corrected chi connectivity index (χ0v) is 12.7. The van der Waals surface area contributed by atoms with Crippen molar-refractivity contribution in [3.8, 4) is 5.75 Å². The first-order chi connectivity index (χ1) is 10.8. The molecule has 0 aromatic heterocycles. The van der Waals surface area contributed by atoms with Crippen molar-refractivity contribution in [1.82, 2.24) is 0 Å². The molecule has 0 aliphatic rings. The van der Waals surface area contributed by atoms with E-state index in [0.29, 0.717) is 11.3 Å². The highest BCUT2D eigenvalue weighted by molar-refractivity contribution is 5.93. The molecule has 0 spiro atoms. The van der Waals surface area contributed by atoms with E-state index in [2.05, 4.69) is 5.32 Å². The molecule has 2 rings (SSSR count). The van der Waals surface area contributed by atoms with Crippen molar-refractivity contribution in [3.05, 3.63) is 59.2 Å². The number of carbonyl (C=O) groups is 1. The molecule has 0 bridgehead atoms. The normalized spacial score (nSPS) is 11.2. The number of ether oxygens (including phenoxy) is 1. The zero-order chi connectivity index (χ0) is 17.0. The SMILES string of the molecule is COc1ccc(CC(=O)Nc2ccccc2C(F)(F)F)cc1C. The molecule has 0 radical (unpaired) electrons. The summed E-state index contributed by atoms with van der Waals surface area (Å²) < 4.78 is 43.8. The summed E-state index contributed by atoms with van der Waals surface area (Å²) >= 11 is 0. The lowest BCUT2D eigenvalue weighted by molar-refractivity contribution is -0.137. The molecule has 0 saturated carbocycles. The number of para-hydroxylation sites is 1. The van der Waals surface area contributed by atoms with Crippen LogP contribution < -0.4 is 10.1 Å². The molecule has 2 aromatic rings. The summed E-state index contributed by atoms with van der Waals surface area (Å²) in [4.78, 5) is 12.0. The Kier molecular flexibility index (Phi) is 4.93. The summed E-state index contributed by atoms with van der Waals surface area (Å²) in [6, 6.07) is 10.1. The van der Waals surface area contributed by atoms with Crippen LogP contribution in [-0.4, -0.2) is 13.0 Å². The van der Waals surface area contributed by atoms with Gasteiger partial charge < -0.3 is 10.1 Å². The Bertz CT molecular complexity index is 711. The molecule has 0 aliphatic heterocycles. The van der Waals surface area contributed by atoms with E-state index in [9.17, 15) is 18.0 Å². The third-order valence-corrected chi connectivity index (χ3v) is 3.33. The quantitative estimate of drug-likeness (QED) is 0.915. The van der Waals surface area contributed by atoms with Crippen molar-refractivity contribution in [2.24, 2.45) is 0 Å². The molecule has 23 heavy (non-hydrogen) atoms. The maximum atomic E-state index is 12.9. The number of carbonyl (C=O) groups excluding carboxylic acids is 1. The van der Waals surface area contributed by atoms with Crippen molar-refractivity contribution in [2.75, 3.05) is 12.4 Å². The number of rotatable bonds is 4. The minimum absolute atomic E-state index is 0.0168. The number of aryl methyl sites for hydroxylation is 1. The van der Waals surface area contributed by atoms with Gasteiger partial charge in [-0.05, 0) is 36.2 Å². The summed E-state index contributed by atoms with van der Waals surface area (Å²) in [5.74, 6) is 0.183. The topological polar surface area (TPSA) is 38.3 Å². The minimum Gasteiger partial charge on any atom is -0.496 e. The van der Waals surface area contributed by atoms with E-state index in [1.807, 2.05) is 6.92 Å². The lowest BCUT2D eigenvalue weighted by atomic mass is 10.1. The van der Waals surface area contributed by atoms with Crippen LogP contribution in [0.25, 0.3) is 0 Å². The maximum absolute atomic E-state index is 12.9. The van der Waals surface area contributed by atoms with Gasteiger partial charge in [0, 0.05) is 0 Å². The van der Waals surface area contributed by atoms with Crippen molar-refractivity contribution in [1.29, 1.82) is 0 Å². The second-order valence-electron chi connectivity index (χ2n) is 5.07. The second kappa shape index (κ2) is 6.73. The number of hydrogen-bond donors (Lipinski definition) is 1. The van der Waals surface area contributed by atoms with Gasteiger partial charge in [0.2, 0.25) is 5.91 Å². The fourth-order valence-corrected chi connectivity index (χ4v) is 2.27. The molecule has 0 unspecified atom stereocenters. The van der Waals surface area contributed by atoms with Crippen LogP contribution in [0.4, 0.5) is 18.9 Å². The number of halogens is 3. The molecule has 0 aliphatic carbocycles. The molecule has 0 heterocycles. The first-order valence-corrected chi connectivity index (χ1v) is 6.91. The van der Waals surface area contributed by atoms with Crippen LogP contribution in [0.3, 0.4) is 0 Å².